The van der Waals surface area contributed by atoms with Crippen LogP contribution in [0.15, 0.2) is 29.4 Å². The Balaban J connectivity index is 1.66. The fourth-order valence-corrected chi connectivity index (χ4v) is 4.39. The van der Waals surface area contributed by atoms with Gasteiger partial charge in [-0.1, -0.05) is 76.1 Å². The zero-order valence-corrected chi connectivity index (χ0v) is 18.5. The van der Waals surface area contributed by atoms with E-state index in [0.717, 1.165) is 29.4 Å². The monoisotopic (exact) mass is 400 g/mol. The molecular formula is C22H32N4OS. The molecule has 28 heavy (non-hydrogen) atoms. The summed E-state index contributed by atoms with van der Waals surface area (Å²) in [6, 6.07) is 8.82. The molecule has 0 saturated heterocycles. The number of rotatable bonds is 5. The van der Waals surface area contributed by atoms with E-state index in [1.807, 2.05) is 18.5 Å². The SMILES string of the molecule is CC(Sc1nnc(-c2ccc(C(C)(C)C)cc2)n1C)C(=O)NC1CCCCC1. The second-order valence-corrected chi connectivity index (χ2v) is 10.1. The summed E-state index contributed by atoms with van der Waals surface area (Å²) in [6.07, 6.45) is 5.92. The standard InChI is InChI=1S/C22H32N4OS/c1-15(20(27)23-18-9-7-6-8-10-18)28-21-25-24-19(26(21)5)16-11-13-17(14-12-16)22(2,3)4/h11-15,18H,6-10H2,1-5H3,(H,23,27). The summed E-state index contributed by atoms with van der Waals surface area (Å²) in [5, 5.41) is 12.5. The molecule has 1 aromatic carbocycles. The lowest BCUT2D eigenvalue weighted by Gasteiger charge is -2.24. The van der Waals surface area contributed by atoms with Gasteiger partial charge in [0.1, 0.15) is 0 Å². The predicted molar refractivity (Wildman–Crippen MR) is 115 cm³/mol. The number of nitrogens with zero attached hydrogens (tertiary/aromatic N) is 3. The van der Waals surface area contributed by atoms with E-state index in [9.17, 15) is 4.79 Å². The van der Waals surface area contributed by atoms with Crippen LogP contribution >= 0.6 is 11.8 Å². The molecular weight excluding hydrogens is 368 g/mol. The number of thioether (sulfide) groups is 1. The van der Waals surface area contributed by atoms with Gasteiger partial charge in [-0.05, 0) is 30.7 Å². The molecule has 0 bridgehead atoms. The molecule has 1 aliphatic carbocycles. The fraction of sp³-hybridized carbons (Fsp3) is 0.591. The highest BCUT2D eigenvalue weighted by atomic mass is 32.2. The Hall–Kier alpha value is -1.82. The van der Waals surface area contributed by atoms with E-state index in [0.29, 0.717) is 6.04 Å². The lowest BCUT2D eigenvalue weighted by Crippen LogP contribution is -2.40. The van der Waals surface area contributed by atoms with Gasteiger partial charge < -0.3 is 9.88 Å². The van der Waals surface area contributed by atoms with E-state index in [1.54, 1.807) is 0 Å². The number of carbonyl (C=O) groups is 1. The lowest BCUT2D eigenvalue weighted by molar-refractivity contribution is -0.121. The van der Waals surface area contributed by atoms with E-state index in [-0.39, 0.29) is 16.6 Å². The first kappa shape index (κ1) is 20.9. The van der Waals surface area contributed by atoms with Crippen molar-refractivity contribution in [3.63, 3.8) is 0 Å². The molecule has 3 rings (SSSR count). The van der Waals surface area contributed by atoms with Crippen molar-refractivity contribution in [2.75, 3.05) is 0 Å². The van der Waals surface area contributed by atoms with Crippen LogP contribution < -0.4 is 5.32 Å². The smallest absolute Gasteiger partial charge is 0.233 e. The topological polar surface area (TPSA) is 59.8 Å². The van der Waals surface area contributed by atoms with Crippen LogP contribution in [-0.2, 0) is 17.3 Å². The van der Waals surface area contributed by atoms with Crippen molar-refractivity contribution in [2.45, 2.75) is 81.7 Å². The second-order valence-electron chi connectivity index (χ2n) is 8.80. The molecule has 152 valence electrons. The van der Waals surface area contributed by atoms with Crippen LogP contribution in [-0.4, -0.2) is 32.0 Å². The Kier molecular flexibility index (Phi) is 6.48. The second kappa shape index (κ2) is 8.68. The van der Waals surface area contributed by atoms with Crippen molar-refractivity contribution in [3.8, 4) is 11.4 Å². The Labute approximate surface area is 172 Å². The molecule has 1 saturated carbocycles. The first-order valence-electron chi connectivity index (χ1n) is 10.2. The van der Waals surface area contributed by atoms with Gasteiger partial charge in [-0.3, -0.25) is 4.79 Å². The highest BCUT2D eigenvalue weighted by Gasteiger charge is 2.23. The van der Waals surface area contributed by atoms with Crippen molar-refractivity contribution in [1.29, 1.82) is 0 Å². The summed E-state index contributed by atoms with van der Waals surface area (Å²) in [4.78, 5) is 12.5. The molecule has 1 fully saturated rings. The van der Waals surface area contributed by atoms with E-state index in [4.69, 9.17) is 0 Å². The Bertz CT molecular complexity index is 801. The summed E-state index contributed by atoms with van der Waals surface area (Å²) in [6.45, 7) is 8.56. The molecule has 1 atom stereocenters. The van der Waals surface area contributed by atoms with Gasteiger partial charge in [0.25, 0.3) is 0 Å². The van der Waals surface area contributed by atoms with E-state index in [1.165, 1.54) is 36.6 Å². The summed E-state index contributed by atoms with van der Waals surface area (Å²) < 4.78 is 1.97. The maximum Gasteiger partial charge on any atom is 0.233 e. The highest BCUT2D eigenvalue weighted by molar-refractivity contribution is 8.00. The summed E-state index contributed by atoms with van der Waals surface area (Å²) in [7, 11) is 1.96. The van der Waals surface area contributed by atoms with Crippen molar-refractivity contribution in [2.24, 2.45) is 7.05 Å². The molecule has 1 heterocycles. The van der Waals surface area contributed by atoms with Crippen LogP contribution in [0.2, 0.25) is 0 Å². The van der Waals surface area contributed by atoms with Crippen LogP contribution in [0.1, 0.15) is 65.4 Å². The average molecular weight is 401 g/mol. The fourth-order valence-electron chi connectivity index (χ4n) is 3.57. The third-order valence-corrected chi connectivity index (χ3v) is 6.58. The number of aromatic nitrogens is 3. The minimum absolute atomic E-state index is 0.0935. The number of carbonyl (C=O) groups excluding carboxylic acids is 1. The van der Waals surface area contributed by atoms with Gasteiger partial charge >= 0.3 is 0 Å². The number of hydrogen-bond donors (Lipinski definition) is 1. The van der Waals surface area contributed by atoms with E-state index >= 15 is 0 Å². The quantitative estimate of drug-likeness (QED) is 0.739. The Morgan fingerprint density at radius 1 is 1.14 bits per heavy atom. The molecule has 0 radical (unpaired) electrons. The number of benzene rings is 1. The summed E-state index contributed by atoms with van der Waals surface area (Å²) in [5.74, 6) is 0.916. The molecule has 5 nitrogen and oxygen atoms in total. The van der Waals surface area contributed by atoms with Gasteiger partial charge in [0.2, 0.25) is 5.91 Å². The predicted octanol–water partition coefficient (Wildman–Crippen LogP) is 4.71. The third kappa shape index (κ3) is 4.96. The van der Waals surface area contributed by atoms with Crippen LogP contribution in [0.25, 0.3) is 11.4 Å². The molecule has 1 N–H and O–H groups in total. The minimum atomic E-state index is -0.194. The van der Waals surface area contributed by atoms with Crippen molar-refractivity contribution >= 4 is 17.7 Å². The highest BCUT2D eigenvalue weighted by Crippen LogP contribution is 2.28. The molecule has 6 heteroatoms. The van der Waals surface area contributed by atoms with Gasteiger partial charge in [-0.15, -0.1) is 10.2 Å². The van der Waals surface area contributed by atoms with Crippen LogP contribution in [0.4, 0.5) is 0 Å². The van der Waals surface area contributed by atoms with E-state index < -0.39 is 0 Å². The van der Waals surface area contributed by atoms with Gasteiger partial charge in [-0.25, -0.2) is 0 Å². The van der Waals surface area contributed by atoms with E-state index in [2.05, 4.69) is 60.6 Å². The lowest BCUT2D eigenvalue weighted by atomic mass is 9.87. The molecule has 1 amide bonds. The van der Waals surface area contributed by atoms with Crippen molar-refractivity contribution < 1.29 is 4.79 Å². The normalized spacial score (nSPS) is 16.8. The van der Waals surface area contributed by atoms with Gasteiger partial charge in [0.05, 0.1) is 5.25 Å². The summed E-state index contributed by atoms with van der Waals surface area (Å²) >= 11 is 1.47. The zero-order chi connectivity index (χ0) is 20.3. The summed E-state index contributed by atoms with van der Waals surface area (Å²) in [5.41, 5.74) is 2.45. The third-order valence-electron chi connectivity index (χ3n) is 5.45. The maximum atomic E-state index is 12.5. The van der Waals surface area contributed by atoms with Crippen LogP contribution in [0, 0.1) is 0 Å². The first-order valence-corrected chi connectivity index (χ1v) is 11.1. The molecule has 1 unspecified atom stereocenters. The first-order chi connectivity index (χ1) is 13.3. The Morgan fingerprint density at radius 3 is 2.39 bits per heavy atom. The van der Waals surface area contributed by atoms with Gasteiger partial charge in [0, 0.05) is 18.7 Å². The molecule has 1 aromatic heterocycles. The van der Waals surface area contributed by atoms with Crippen LogP contribution in [0.3, 0.4) is 0 Å². The molecule has 0 aliphatic heterocycles. The maximum absolute atomic E-state index is 12.5. The van der Waals surface area contributed by atoms with Crippen LogP contribution in [0.5, 0.6) is 0 Å². The molecule has 0 spiro atoms. The number of amides is 1. The van der Waals surface area contributed by atoms with Crippen molar-refractivity contribution in [3.05, 3.63) is 29.8 Å². The number of nitrogens with one attached hydrogen (secondary N) is 1. The minimum Gasteiger partial charge on any atom is -0.352 e. The number of hydrogen-bond acceptors (Lipinski definition) is 4. The van der Waals surface area contributed by atoms with Gasteiger partial charge in [0.15, 0.2) is 11.0 Å². The zero-order valence-electron chi connectivity index (χ0n) is 17.7. The average Bonchev–Trinajstić information content (AvgIpc) is 3.02. The molecule has 1 aliphatic rings. The Morgan fingerprint density at radius 2 is 1.79 bits per heavy atom. The van der Waals surface area contributed by atoms with Gasteiger partial charge in [-0.2, -0.15) is 0 Å². The van der Waals surface area contributed by atoms with Crippen molar-refractivity contribution in [1.82, 2.24) is 20.1 Å². The molecule has 2 aromatic rings. The largest absolute Gasteiger partial charge is 0.352 e.